The number of hydrogen-bond donors (Lipinski definition) is 0. The zero-order chi connectivity index (χ0) is 12.8. The second kappa shape index (κ2) is 6.49. The van der Waals surface area contributed by atoms with Gasteiger partial charge >= 0.3 is 5.97 Å². The second-order valence-electron chi connectivity index (χ2n) is 3.24. The molecule has 0 aliphatic carbocycles. The Morgan fingerprint density at radius 2 is 2.29 bits per heavy atom. The van der Waals surface area contributed by atoms with Gasteiger partial charge in [-0.25, -0.2) is 8.78 Å². The Bertz CT molecular complexity index is 399. The molecule has 1 aromatic heterocycles. The zero-order valence-corrected chi connectivity index (χ0v) is 10.0. The van der Waals surface area contributed by atoms with Crippen molar-refractivity contribution in [2.24, 2.45) is 0 Å². The van der Waals surface area contributed by atoms with Crippen molar-refractivity contribution < 1.29 is 18.3 Å². The summed E-state index contributed by atoms with van der Waals surface area (Å²) in [7, 11) is 0. The van der Waals surface area contributed by atoms with E-state index in [-0.39, 0.29) is 35.7 Å². The van der Waals surface area contributed by atoms with E-state index in [1.54, 1.807) is 6.92 Å². The van der Waals surface area contributed by atoms with Gasteiger partial charge in [-0.3, -0.25) is 9.78 Å². The van der Waals surface area contributed by atoms with Crippen molar-refractivity contribution in [2.45, 2.75) is 25.7 Å². The summed E-state index contributed by atoms with van der Waals surface area (Å²) in [5.41, 5.74) is 0.266. The first-order chi connectivity index (χ1) is 8.10. The van der Waals surface area contributed by atoms with Crippen LogP contribution in [-0.2, 0) is 21.8 Å². The number of pyridine rings is 1. The number of aromatic nitrogens is 1. The van der Waals surface area contributed by atoms with Crippen LogP contribution >= 0.6 is 11.6 Å². The van der Waals surface area contributed by atoms with Gasteiger partial charge in [0, 0.05) is 17.6 Å². The van der Waals surface area contributed by atoms with Crippen LogP contribution in [0.2, 0.25) is 0 Å². The minimum Gasteiger partial charge on any atom is -0.466 e. The number of ether oxygens (including phenoxy) is 1. The predicted octanol–water partition coefficient (Wildman–Crippen LogP) is 2.86. The van der Waals surface area contributed by atoms with Crippen LogP contribution in [0.1, 0.15) is 30.2 Å². The highest BCUT2D eigenvalue weighted by Crippen LogP contribution is 2.26. The van der Waals surface area contributed by atoms with Gasteiger partial charge in [0.15, 0.2) is 0 Å². The largest absolute Gasteiger partial charge is 0.466 e. The Hall–Kier alpha value is -1.23. The average Bonchev–Trinajstić information content (AvgIpc) is 2.28. The van der Waals surface area contributed by atoms with Crippen LogP contribution in [0.15, 0.2) is 12.3 Å². The normalized spacial score (nSPS) is 10.6. The zero-order valence-electron chi connectivity index (χ0n) is 9.25. The Kier molecular flexibility index (Phi) is 5.28. The fourth-order valence-corrected chi connectivity index (χ4v) is 1.72. The standard InChI is InChI=1S/C11H12ClF2NO2/c1-2-17-10(16)5-9-8(6-12)7(11(13)14)3-4-15-9/h3-4,11H,2,5-6H2,1H3. The highest BCUT2D eigenvalue weighted by atomic mass is 35.5. The van der Waals surface area contributed by atoms with Gasteiger partial charge in [0.1, 0.15) is 0 Å². The molecule has 0 atom stereocenters. The summed E-state index contributed by atoms with van der Waals surface area (Å²) < 4.78 is 30.1. The molecule has 0 saturated heterocycles. The fraction of sp³-hybridized carbons (Fsp3) is 0.455. The minimum atomic E-state index is -2.63. The molecule has 0 aliphatic rings. The first-order valence-corrected chi connectivity index (χ1v) is 5.60. The van der Waals surface area contributed by atoms with E-state index in [4.69, 9.17) is 16.3 Å². The maximum atomic E-state index is 12.7. The van der Waals surface area contributed by atoms with Crippen molar-refractivity contribution in [3.05, 3.63) is 29.1 Å². The van der Waals surface area contributed by atoms with E-state index in [1.165, 1.54) is 12.3 Å². The van der Waals surface area contributed by atoms with E-state index in [1.807, 2.05) is 0 Å². The van der Waals surface area contributed by atoms with Gasteiger partial charge in [-0.15, -0.1) is 11.6 Å². The van der Waals surface area contributed by atoms with E-state index in [2.05, 4.69) is 4.98 Å². The third-order valence-electron chi connectivity index (χ3n) is 2.17. The number of nitrogens with zero attached hydrogens (tertiary/aromatic N) is 1. The highest BCUT2D eigenvalue weighted by Gasteiger charge is 2.18. The predicted molar refractivity (Wildman–Crippen MR) is 59.1 cm³/mol. The molecule has 0 spiro atoms. The maximum Gasteiger partial charge on any atom is 0.311 e. The lowest BCUT2D eigenvalue weighted by Gasteiger charge is -2.10. The van der Waals surface area contributed by atoms with Gasteiger partial charge in [0.2, 0.25) is 0 Å². The van der Waals surface area contributed by atoms with Gasteiger partial charge in [0.25, 0.3) is 6.43 Å². The third kappa shape index (κ3) is 3.63. The molecule has 0 unspecified atom stereocenters. The number of halogens is 3. The molecule has 0 N–H and O–H groups in total. The molecule has 0 fully saturated rings. The summed E-state index contributed by atoms with van der Waals surface area (Å²) in [6.45, 7) is 1.91. The summed E-state index contributed by atoms with van der Waals surface area (Å²) in [5, 5.41) is 0. The molecule has 1 rings (SSSR count). The first-order valence-electron chi connectivity index (χ1n) is 5.06. The molecule has 6 heteroatoms. The van der Waals surface area contributed by atoms with E-state index >= 15 is 0 Å². The van der Waals surface area contributed by atoms with Crippen LogP contribution in [-0.4, -0.2) is 17.6 Å². The van der Waals surface area contributed by atoms with E-state index < -0.39 is 12.4 Å². The summed E-state index contributed by atoms with van der Waals surface area (Å²) in [6, 6.07) is 1.21. The van der Waals surface area contributed by atoms with Crippen LogP contribution in [0.4, 0.5) is 8.78 Å². The second-order valence-corrected chi connectivity index (χ2v) is 3.51. The molecule has 17 heavy (non-hydrogen) atoms. The summed E-state index contributed by atoms with van der Waals surface area (Å²) in [6.07, 6.45) is -1.53. The average molecular weight is 264 g/mol. The van der Waals surface area contributed by atoms with Crippen molar-refractivity contribution in [3.8, 4) is 0 Å². The molecule has 0 radical (unpaired) electrons. The first kappa shape index (κ1) is 13.8. The summed E-state index contributed by atoms with van der Waals surface area (Å²) in [4.78, 5) is 15.2. The lowest BCUT2D eigenvalue weighted by Crippen LogP contribution is -2.11. The van der Waals surface area contributed by atoms with Crippen molar-refractivity contribution in [2.75, 3.05) is 6.61 Å². The van der Waals surface area contributed by atoms with Crippen LogP contribution in [0.3, 0.4) is 0 Å². The Morgan fingerprint density at radius 1 is 1.59 bits per heavy atom. The molecule has 1 aromatic rings. The van der Waals surface area contributed by atoms with Gasteiger partial charge < -0.3 is 4.74 Å². The third-order valence-corrected chi connectivity index (χ3v) is 2.43. The van der Waals surface area contributed by atoms with Crippen LogP contribution in [0, 0.1) is 0 Å². The van der Waals surface area contributed by atoms with Crippen molar-refractivity contribution in [1.82, 2.24) is 4.98 Å². The Morgan fingerprint density at radius 3 is 2.82 bits per heavy atom. The number of carbonyl (C=O) groups excluding carboxylic acids is 1. The lowest BCUT2D eigenvalue weighted by atomic mass is 10.1. The molecule has 94 valence electrons. The Balaban J connectivity index is 2.99. The minimum absolute atomic E-state index is 0.109. The number of hydrogen-bond acceptors (Lipinski definition) is 3. The topological polar surface area (TPSA) is 39.2 Å². The van der Waals surface area contributed by atoms with Crippen LogP contribution in [0.25, 0.3) is 0 Å². The van der Waals surface area contributed by atoms with Gasteiger partial charge in [0.05, 0.1) is 18.7 Å². The fourth-order valence-electron chi connectivity index (χ4n) is 1.41. The number of esters is 1. The molecule has 0 amide bonds. The molecule has 0 bridgehead atoms. The molecule has 0 aromatic carbocycles. The van der Waals surface area contributed by atoms with E-state index in [0.717, 1.165) is 0 Å². The van der Waals surface area contributed by atoms with Crippen molar-refractivity contribution in [1.29, 1.82) is 0 Å². The van der Waals surface area contributed by atoms with Crippen LogP contribution in [0.5, 0.6) is 0 Å². The van der Waals surface area contributed by atoms with Crippen molar-refractivity contribution in [3.63, 3.8) is 0 Å². The molecule has 1 heterocycles. The van der Waals surface area contributed by atoms with Gasteiger partial charge in [-0.05, 0) is 18.6 Å². The van der Waals surface area contributed by atoms with E-state index in [0.29, 0.717) is 0 Å². The number of carbonyl (C=O) groups is 1. The summed E-state index contributed by atoms with van der Waals surface area (Å²) in [5.74, 6) is -0.611. The quantitative estimate of drug-likeness (QED) is 0.606. The van der Waals surface area contributed by atoms with Gasteiger partial charge in [-0.1, -0.05) is 0 Å². The lowest BCUT2D eigenvalue weighted by molar-refractivity contribution is -0.142. The smallest absolute Gasteiger partial charge is 0.311 e. The maximum absolute atomic E-state index is 12.7. The van der Waals surface area contributed by atoms with Crippen LogP contribution < -0.4 is 0 Å². The summed E-state index contributed by atoms with van der Waals surface area (Å²) >= 11 is 5.62. The SMILES string of the molecule is CCOC(=O)Cc1nccc(C(F)F)c1CCl. The molecular formula is C11H12ClF2NO2. The number of alkyl halides is 3. The van der Waals surface area contributed by atoms with Crippen molar-refractivity contribution >= 4 is 17.6 Å². The Labute approximate surface area is 103 Å². The monoisotopic (exact) mass is 263 g/mol. The number of rotatable bonds is 5. The molecule has 0 saturated carbocycles. The van der Waals surface area contributed by atoms with Gasteiger partial charge in [-0.2, -0.15) is 0 Å². The molecular weight excluding hydrogens is 252 g/mol. The molecule has 3 nitrogen and oxygen atoms in total. The molecule has 0 aliphatic heterocycles. The highest BCUT2D eigenvalue weighted by molar-refractivity contribution is 6.17. The van der Waals surface area contributed by atoms with E-state index in [9.17, 15) is 13.6 Å².